The Morgan fingerprint density at radius 3 is 3.00 bits per heavy atom. The predicted molar refractivity (Wildman–Crippen MR) is 56.1 cm³/mol. The van der Waals surface area contributed by atoms with Crippen LogP contribution in [-0.4, -0.2) is 9.97 Å². The quantitative estimate of drug-likeness (QED) is 0.731. The number of aromatic nitrogens is 2. The van der Waals surface area contributed by atoms with Crippen LogP contribution in [0.15, 0.2) is 11.7 Å². The maximum Gasteiger partial charge on any atom is 0.0877 e. The number of rotatable bonds is 2. The minimum absolute atomic E-state index is 1.08. The molecule has 0 amide bonds. The summed E-state index contributed by atoms with van der Waals surface area (Å²) in [5.41, 5.74) is 5.43. The SMILES string of the molecule is CCCc1cnc(C)c2scnc12. The first-order valence-electron chi connectivity index (χ1n) is 4.50. The van der Waals surface area contributed by atoms with Crippen molar-refractivity contribution in [2.45, 2.75) is 26.7 Å². The first kappa shape index (κ1) is 8.63. The van der Waals surface area contributed by atoms with Crippen molar-refractivity contribution in [3.05, 3.63) is 23.0 Å². The van der Waals surface area contributed by atoms with E-state index in [9.17, 15) is 0 Å². The van der Waals surface area contributed by atoms with Crippen molar-refractivity contribution in [2.75, 3.05) is 0 Å². The standard InChI is InChI=1S/C10H12N2S/c1-3-4-8-5-11-7(2)10-9(8)12-6-13-10/h5-6H,3-4H2,1-2H3. The van der Waals surface area contributed by atoms with E-state index in [-0.39, 0.29) is 0 Å². The van der Waals surface area contributed by atoms with E-state index in [0.717, 1.165) is 24.1 Å². The molecule has 0 saturated heterocycles. The maximum atomic E-state index is 4.38. The Morgan fingerprint density at radius 2 is 2.23 bits per heavy atom. The molecule has 2 heterocycles. The highest BCUT2D eigenvalue weighted by Crippen LogP contribution is 2.23. The van der Waals surface area contributed by atoms with E-state index < -0.39 is 0 Å². The molecule has 3 heteroatoms. The summed E-state index contributed by atoms with van der Waals surface area (Å²) >= 11 is 1.68. The molecule has 13 heavy (non-hydrogen) atoms. The number of thiazole rings is 1. The molecule has 0 atom stereocenters. The van der Waals surface area contributed by atoms with E-state index in [1.165, 1.54) is 10.3 Å². The Labute approximate surface area is 81.7 Å². The Morgan fingerprint density at radius 1 is 1.38 bits per heavy atom. The van der Waals surface area contributed by atoms with E-state index in [1.807, 2.05) is 18.6 Å². The van der Waals surface area contributed by atoms with Gasteiger partial charge < -0.3 is 0 Å². The van der Waals surface area contributed by atoms with Crippen molar-refractivity contribution in [1.29, 1.82) is 0 Å². The van der Waals surface area contributed by atoms with E-state index in [4.69, 9.17) is 0 Å². The number of pyridine rings is 1. The summed E-state index contributed by atoms with van der Waals surface area (Å²) in [5.74, 6) is 0. The molecule has 0 aliphatic carbocycles. The van der Waals surface area contributed by atoms with Crippen molar-refractivity contribution in [3.63, 3.8) is 0 Å². The third-order valence-electron chi connectivity index (χ3n) is 2.13. The fraction of sp³-hybridized carbons (Fsp3) is 0.400. The summed E-state index contributed by atoms with van der Waals surface area (Å²) < 4.78 is 1.24. The van der Waals surface area contributed by atoms with E-state index in [2.05, 4.69) is 16.9 Å². The molecule has 0 fully saturated rings. The maximum absolute atomic E-state index is 4.38. The average molecular weight is 192 g/mol. The summed E-state index contributed by atoms with van der Waals surface area (Å²) in [6.07, 6.45) is 4.19. The third kappa shape index (κ3) is 1.44. The second-order valence-corrected chi connectivity index (χ2v) is 4.00. The van der Waals surface area contributed by atoms with Crippen LogP contribution in [0, 0.1) is 6.92 Å². The van der Waals surface area contributed by atoms with Gasteiger partial charge in [-0.3, -0.25) is 4.98 Å². The molecule has 0 spiro atoms. The topological polar surface area (TPSA) is 25.8 Å². The van der Waals surface area contributed by atoms with Crippen LogP contribution >= 0.6 is 11.3 Å². The molecular formula is C10H12N2S. The molecule has 0 radical (unpaired) electrons. The monoisotopic (exact) mass is 192 g/mol. The van der Waals surface area contributed by atoms with Gasteiger partial charge >= 0.3 is 0 Å². The van der Waals surface area contributed by atoms with Gasteiger partial charge in [0.2, 0.25) is 0 Å². The third-order valence-corrected chi connectivity index (χ3v) is 3.07. The van der Waals surface area contributed by atoms with E-state index in [0.29, 0.717) is 0 Å². The zero-order valence-corrected chi connectivity index (χ0v) is 8.69. The molecule has 0 unspecified atom stereocenters. The highest BCUT2D eigenvalue weighted by molar-refractivity contribution is 7.16. The van der Waals surface area contributed by atoms with Gasteiger partial charge in [-0.2, -0.15) is 0 Å². The second-order valence-electron chi connectivity index (χ2n) is 3.15. The summed E-state index contributed by atoms with van der Waals surface area (Å²) in [6.45, 7) is 4.22. The Bertz CT molecular complexity index is 420. The fourth-order valence-electron chi connectivity index (χ4n) is 1.48. The molecule has 68 valence electrons. The number of hydrogen-bond acceptors (Lipinski definition) is 3. The molecule has 2 aromatic heterocycles. The summed E-state index contributed by atoms with van der Waals surface area (Å²) in [4.78, 5) is 8.75. The van der Waals surface area contributed by atoms with E-state index in [1.54, 1.807) is 11.3 Å². The minimum Gasteiger partial charge on any atom is -0.260 e. The van der Waals surface area contributed by atoms with Crippen LogP contribution < -0.4 is 0 Å². The molecule has 0 aliphatic rings. The van der Waals surface area contributed by atoms with Crippen molar-refractivity contribution in [2.24, 2.45) is 0 Å². The van der Waals surface area contributed by atoms with Gasteiger partial charge in [-0.1, -0.05) is 13.3 Å². The van der Waals surface area contributed by atoms with Gasteiger partial charge in [-0.05, 0) is 18.9 Å². The Balaban J connectivity index is 2.64. The van der Waals surface area contributed by atoms with Crippen LogP contribution in [0.4, 0.5) is 0 Å². The first-order valence-corrected chi connectivity index (χ1v) is 5.38. The molecule has 0 saturated carbocycles. The van der Waals surface area contributed by atoms with Crippen LogP contribution in [-0.2, 0) is 6.42 Å². The lowest BCUT2D eigenvalue weighted by Gasteiger charge is -2.00. The lowest BCUT2D eigenvalue weighted by Crippen LogP contribution is -1.89. The summed E-state index contributed by atoms with van der Waals surface area (Å²) in [7, 11) is 0. The van der Waals surface area contributed by atoms with Crippen molar-refractivity contribution in [3.8, 4) is 0 Å². The number of nitrogens with zero attached hydrogens (tertiary/aromatic N) is 2. The second kappa shape index (κ2) is 3.42. The first-order chi connectivity index (χ1) is 6.33. The van der Waals surface area contributed by atoms with Gasteiger partial charge in [-0.15, -0.1) is 11.3 Å². The largest absolute Gasteiger partial charge is 0.260 e. The van der Waals surface area contributed by atoms with Gasteiger partial charge in [0.25, 0.3) is 0 Å². The normalized spacial score (nSPS) is 10.9. The summed E-state index contributed by atoms with van der Waals surface area (Å²) in [6, 6.07) is 0. The predicted octanol–water partition coefficient (Wildman–Crippen LogP) is 2.95. The van der Waals surface area contributed by atoms with E-state index >= 15 is 0 Å². The van der Waals surface area contributed by atoms with Crippen LogP contribution in [0.2, 0.25) is 0 Å². The average Bonchev–Trinajstić information content (AvgIpc) is 2.59. The molecular weight excluding hydrogens is 180 g/mol. The molecule has 2 rings (SSSR count). The lowest BCUT2D eigenvalue weighted by molar-refractivity contribution is 0.918. The van der Waals surface area contributed by atoms with Crippen LogP contribution in [0.5, 0.6) is 0 Å². The van der Waals surface area contributed by atoms with Crippen molar-refractivity contribution < 1.29 is 0 Å². The summed E-state index contributed by atoms with van der Waals surface area (Å²) in [5, 5.41) is 0. The van der Waals surface area contributed by atoms with Crippen LogP contribution in [0.3, 0.4) is 0 Å². The molecule has 0 bridgehead atoms. The zero-order valence-electron chi connectivity index (χ0n) is 7.87. The van der Waals surface area contributed by atoms with Crippen LogP contribution in [0.1, 0.15) is 24.6 Å². The van der Waals surface area contributed by atoms with Gasteiger partial charge in [0, 0.05) is 6.20 Å². The number of fused-ring (bicyclic) bond motifs is 1. The number of hydrogen-bond donors (Lipinski definition) is 0. The lowest BCUT2D eigenvalue weighted by atomic mass is 10.1. The van der Waals surface area contributed by atoms with Gasteiger partial charge in [0.1, 0.15) is 0 Å². The van der Waals surface area contributed by atoms with Crippen molar-refractivity contribution in [1.82, 2.24) is 9.97 Å². The fourth-order valence-corrected chi connectivity index (χ4v) is 2.26. The van der Waals surface area contributed by atoms with Gasteiger partial charge in [-0.25, -0.2) is 4.98 Å². The van der Waals surface area contributed by atoms with Crippen LogP contribution in [0.25, 0.3) is 10.2 Å². The molecule has 0 N–H and O–H groups in total. The molecule has 2 aromatic rings. The zero-order chi connectivity index (χ0) is 9.26. The molecule has 0 aliphatic heterocycles. The molecule has 0 aromatic carbocycles. The Kier molecular flexibility index (Phi) is 2.27. The smallest absolute Gasteiger partial charge is 0.0877 e. The highest BCUT2D eigenvalue weighted by atomic mass is 32.1. The Hall–Kier alpha value is -0.960. The molecule has 2 nitrogen and oxygen atoms in total. The number of aryl methyl sites for hydroxylation is 2. The highest BCUT2D eigenvalue weighted by Gasteiger charge is 2.06. The van der Waals surface area contributed by atoms with Crippen molar-refractivity contribution >= 4 is 21.6 Å². The minimum atomic E-state index is 1.08. The van der Waals surface area contributed by atoms with Gasteiger partial charge in [0.15, 0.2) is 0 Å². The van der Waals surface area contributed by atoms with Gasteiger partial charge in [0.05, 0.1) is 21.4 Å².